The van der Waals surface area contributed by atoms with Crippen molar-refractivity contribution in [3.63, 3.8) is 0 Å². The van der Waals surface area contributed by atoms with Crippen molar-refractivity contribution in [2.75, 3.05) is 0 Å². The van der Waals surface area contributed by atoms with E-state index in [2.05, 4.69) is 0 Å². The summed E-state index contributed by atoms with van der Waals surface area (Å²) in [6.07, 6.45) is -2.94. The second-order valence-electron chi connectivity index (χ2n) is 7.43. The van der Waals surface area contributed by atoms with E-state index in [1.807, 2.05) is 6.92 Å². The number of hydrogen-bond acceptors (Lipinski definition) is 0. The van der Waals surface area contributed by atoms with Crippen LogP contribution in [0.1, 0.15) is 50.5 Å². The molecule has 0 amide bonds. The van der Waals surface area contributed by atoms with Crippen LogP contribution in [0.5, 0.6) is 0 Å². The van der Waals surface area contributed by atoms with Crippen LogP contribution in [0.3, 0.4) is 0 Å². The van der Waals surface area contributed by atoms with E-state index in [1.165, 1.54) is 0 Å². The molecule has 7 unspecified atom stereocenters. The second-order valence-corrected chi connectivity index (χ2v) is 7.43. The fraction of sp³-hybridized carbons (Fsp3) is 0.684. The SMILES string of the molecule is CCCC1CC2C(F)C(F)C(c3cc(F)c(F)c(F)c3)CCC2C1F. The van der Waals surface area contributed by atoms with Crippen molar-refractivity contribution in [1.29, 1.82) is 0 Å². The van der Waals surface area contributed by atoms with Crippen LogP contribution in [0.4, 0.5) is 26.3 Å². The molecule has 0 spiro atoms. The molecule has 2 aliphatic carbocycles. The zero-order chi connectivity index (χ0) is 18.3. The Balaban J connectivity index is 1.85. The smallest absolute Gasteiger partial charge is 0.194 e. The minimum atomic E-state index is -1.98. The van der Waals surface area contributed by atoms with Gasteiger partial charge in [0.2, 0.25) is 0 Å². The van der Waals surface area contributed by atoms with Crippen LogP contribution in [0, 0.1) is 35.2 Å². The van der Waals surface area contributed by atoms with Crippen molar-refractivity contribution in [1.82, 2.24) is 0 Å². The summed E-state index contributed by atoms with van der Waals surface area (Å²) < 4.78 is 84.3. The van der Waals surface area contributed by atoms with Gasteiger partial charge >= 0.3 is 0 Å². The van der Waals surface area contributed by atoms with Gasteiger partial charge < -0.3 is 0 Å². The minimum absolute atomic E-state index is 0.0898. The first-order valence-electron chi connectivity index (χ1n) is 8.91. The highest BCUT2D eigenvalue weighted by molar-refractivity contribution is 5.25. The van der Waals surface area contributed by atoms with E-state index in [0.29, 0.717) is 12.8 Å². The third-order valence-corrected chi connectivity index (χ3v) is 5.99. The number of benzene rings is 1. The molecule has 1 aromatic rings. The predicted octanol–water partition coefficient (Wildman–Crippen LogP) is 6.05. The van der Waals surface area contributed by atoms with E-state index in [9.17, 15) is 26.3 Å². The summed E-state index contributed by atoms with van der Waals surface area (Å²) in [6.45, 7) is 1.93. The molecule has 0 bridgehead atoms. The molecular weight excluding hydrogens is 342 g/mol. The fourth-order valence-electron chi connectivity index (χ4n) is 4.76. The van der Waals surface area contributed by atoms with Gasteiger partial charge in [-0.25, -0.2) is 26.3 Å². The van der Waals surface area contributed by atoms with Gasteiger partial charge in [0.1, 0.15) is 18.5 Å². The van der Waals surface area contributed by atoms with Crippen molar-refractivity contribution in [2.24, 2.45) is 17.8 Å². The average molecular weight is 364 g/mol. The third-order valence-electron chi connectivity index (χ3n) is 5.99. The summed E-state index contributed by atoms with van der Waals surface area (Å²) in [4.78, 5) is 0. The van der Waals surface area contributed by atoms with E-state index in [-0.39, 0.29) is 24.3 Å². The molecule has 0 aliphatic heterocycles. The highest BCUT2D eigenvalue weighted by Gasteiger charge is 2.52. The second kappa shape index (κ2) is 7.20. The summed E-state index contributed by atoms with van der Waals surface area (Å²) in [6, 6.07) is 1.44. The van der Waals surface area contributed by atoms with E-state index < -0.39 is 53.7 Å². The highest BCUT2D eigenvalue weighted by Crippen LogP contribution is 2.51. The monoisotopic (exact) mass is 364 g/mol. The lowest BCUT2D eigenvalue weighted by Gasteiger charge is -2.24. The van der Waals surface area contributed by atoms with Gasteiger partial charge in [0.05, 0.1) is 0 Å². The molecule has 0 N–H and O–H groups in total. The first-order valence-corrected chi connectivity index (χ1v) is 8.91. The maximum atomic E-state index is 14.8. The molecule has 140 valence electrons. The van der Waals surface area contributed by atoms with Crippen LogP contribution >= 0.6 is 0 Å². The van der Waals surface area contributed by atoms with Crippen LogP contribution < -0.4 is 0 Å². The molecular formula is C19H22F6. The number of halogens is 6. The van der Waals surface area contributed by atoms with Crippen LogP contribution in [0.2, 0.25) is 0 Å². The molecule has 0 heterocycles. The van der Waals surface area contributed by atoms with Gasteiger partial charge in [-0.05, 0) is 61.1 Å². The third kappa shape index (κ3) is 3.28. The summed E-state index contributed by atoms with van der Waals surface area (Å²) >= 11 is 0. The normalized spacial score (nSPS) is 38.4. The van der Waals surface area contributed by atoms with Crippen molar-refractivity contribution >= 4 is 0 Å². The van der Waals surface area contributed by atoms with Gasteiger partial charge in [-0.2, -0.15) is 0 Å². The highest BCUT2D eigenvalue weighted by atomic mass is 19.2. The average Bonchev–Trinajstić information content (AvgIpc) is 2.82. The summed E-state index contributed by atoms with van der Waals surface area (Å²) in [5.74, 6) is -7.09. The minimum Gasteiger partial charge on any atom is -0.247 e. The van der Waals surface area contributed by atoms with Crippen LogP contribution in [0.15, 0.2) is 12.1 Å². The standard InChI is InChI=1S/C19H22F6/c1-2-3-9-6-13-12(16(9)22)5-4-11(17(23)18(13)24)10-7-14(20)19(25)15(21)8-10/h7-9,11-13,16-18H,2-6H2,1H3. The Bertz CT molecular complexity index is 595. The van der Waals surface area contributed by atoms with Crippen molar-refractivity contribution in [3.8, 4) is 0 Å². The van der Waals surface area contributed by atoms with Gasteiger partial charge in [0.15, 0.2) is 17.5 Å². The summed E-state index contributed by atoms with van der Waals surface area (Å²) in [5, 5.41) is 0. The Hall–Kier alpha value is -1.20. The Morgan fingerprint density at radius 3 is 2.12 bits per heavy atom. The molecule has 2 saturated carbocycles. The Labute approximate surface area is 143 Å². The van der Waals surface area contributed by atoms with Crippen LogP contribution in [-0.2, 0) is 0 Å². The van der Waals surface area contributed by atoms with Crippen LogP contribution in [-0.4, -0.2) is 18.5 Å². The lowest BCUT2D eigenvalue weighted by molar-refractivity contribution is 0.0824. The molecule has 6 heteroatoms. The van der Waals surface area contributed by atoms with Crippen LogP contribution in [0.25, 0.3) is 0 Å². The topological polar surface area (TPSA) is 0 Å². The molecule has 2 aliphatic rings. The quantitative estimate of drug-likeness (QED) is 0.453. The molecule has 0 saturated heterocycles. The molecule has 0 aromatic heterocycles. The number of hydrogen-bond donors (Lipinski definition) is 0. The van der Waals surface area contributed by atoms with Crippen molar-refractivity contribution in [3.05, 3.63) is 35.1 Å². The Morgan fingerprint density at radius 1 is 0.880 bits per heavy atom. The number of fused-ring (bicyclic) bond motifs is 1. The van der Waals surface area contributed by atoms with Crippen molar-refractivity contribution in [2.45, 2.75) is 63.5 Å². The summed E-state index contributed by atoms with van der Waals surface area (Å²) in [7, 11) is 0. The molecule has 7 atom stereocenters. The maximum absolute atomic E-state index is 14.8. The van der Waals surface area contributed by atoms with Crippen molar-refractivity contribution < 1.29 is 26.3 Å². The van der Waals surface area contributed by atoms with Gasteiger partial charge in [-0.3, -0.25) is 0 Å². The maximum Gasteiger partial charge on any atom is 0.194 e. The van der Waals surface area contributed by atoms with E-state index in [0.717, 1.165) is 18.6 Å². The zero-order valence-electron chi connectivity index (χ0n) is 14.0. The Kier molecular flexibility index (Phi) is 5.35. The van der Waals surface area contributed by atoms with E-state index >= 15 is 0 Å². The van der Waals surface area contributed by atoms with Gasteiger partial charge in [0, 0.05) is 5.92 Å². The summed E-state index contributed by atoms with van der Waals surface area (Å²) in [5.41, 5.74) is -0.105. The predicted molar refractivity (Wildman–Crippen MR) is 83.0 cm³/mol. The fourth-order valence-corrected chi connectivity index (χ4v) is 4.76. The molecule has 0 nitrogen and oxygen atoms in total. The van der Waals surface area contributed by atoms with Gasteiger partial charge in [-0.15, -0.1) is 0 Å². The van der Waals surface area contributed by atoms with E-state index in [1.54, 1.807) is 0 Å². The van der Waals surface area contributed by atoms with Gasteiger partial charge in [-0.1, -0.05) is 13.3 Å². The Morgan fingerprint density at radius 2 is 1.52 bits per heavy atom. The lowest BCUT2D eigenvalue weighted by Crippen LogP contribution is -2.31. The van der Waals surface area contributed by atoms with E-state index in [4.69, 9.17) is 0 Å². The lowest BCUT2D eigenvalue weighted by atomic mass is 9.87. The molecule has 1 aromatic carbocycles. The molecule has 3 rings (SSSR count). The largest absolute Gasteiger partial charge is 0.247 e. The molecule has 25 heavy (non-hydrogen) atoms. The molecule has 0 radical (unpaired) electrons. The first kappa shape index (κ1) is 18.6. The molecule has 2 fully saturated rings. The number of alkyl halides is 3. The first-order chi connectivity index (χ1) is 11.8. The number of rotatable bonds is 3. The van der Waals surface area contributed by atoms with Gasteiger partial charge in [0.25, 0.3) is 0 Å². The zero-order valence-corrected chi connectivity index (χ0v) is 14.0.